The second-order valence-electron chi connectivity index (χ2n) is 5.99. The van der Waals surface area contributed by atoms with Gasteiger partial charge in [0.05, 0.1) is 5.69 Å². The summed E-state index contributed by atoms with van der Waals surface area (Å²) < 4.78 is 0. The van der Waals surface area contributed by atoms with E-state index in [1.54, 1.807) is 0 Å². The molecule has 0 aliphatic rings. The fraction of sp³-hybridized carbons (Fsp3) is 0.105. The summed E-state index contributed by atoms with van der Waals surface area (Å²) in [7, 11) is 0. The van der Waals surface area contributed by atoms with Gasteiger partial charge in [-0.15, -0.1) is 21.5 Å². The molecule has 1 N–H and O–H groups in total. The highest BCUT2D eigenvalue weighted by Gasteiger charge is 2.14. The third-order valence-corrected chi connectivity index (χ3v) is 5.07. The van der Waals surface area contributed by atoms with Gasteiger partial charge < -0.3 is 5.32 Å². The van der Waals surface area contributed by atoms with Crippen LogP contribution in [0.2, 0.25) is 5.02 Å². The standard InChI is InChI=1S/C19H15ClN6OS/c1-12-17(13-7-9-15(20)10-8-13)22-19(28-12)21-16(27)11-26-24-18(23-25-26)14-5-3-2-4-6-14/h2-10H,11H2,1H3,(H,21,22,27). The van der Waals surface area contributed by atoms with Crippen LogP contribution in [0.1, 0.15) is 4.88 Å². The number of tetrazole rings is 1. The van der Waals surface area contributed by atoms with Gasteiger partial charge in [0.1, 0.15) is 6.54 Å². The van der Waals surface area contributed by atoms with E-state index in [0.717, 1.165) is 21.7 Å². The number of thiazole rings is 1. The predicted octanol–water partition coefficient (Wildman–Crippen LogP) is 4.06. The molecular weight excluding hydrogens is 396 g/mol. The molecular formula is C19H15ClN6OS. The Kier molecular flexibility index (Phi) is 5.14. The average molecular weight is 411 g/mol. The van der Waals surface area contributed by atoms with E-state index >= 15 is 0 Å². The number of nitrogens with zero attached hydrogens (tertiary/aromatic N) is 5. The molecule has 9 heteroatoms. The number of benzene rings is 2. The monoisotopic (exact) mass is 410 g/mol. The first-order valence-electron chi connectivity index (χ1n) is 8.45. The Labute approximate surface area is 170 Å². The van der Waals surface area contributed by atoms with Crippen LogP contribution in [0.3, 0.4) is 0 Å². The zero-order valence-electron chi connectivity index (χ0n) is 14.8. The van der Waals surface area contributed by atoms with Crippen LogP contribution in [0.15, 0.2) is 54.6 Å². The summed E-state index contributed by atoms with van der Waals surface area (Å²) in [6, 6.07) is 16.9. The third kappa shape index (κ3) is 4.08. The minimum absolute atomic E-state index is 0.0469. The Morgan fingerprint density at radius 3 is 2.61 bits per heavy atom. The quantitative estimate of drug-likeness (QED) is 0.536. The average Bonchev–Trinajstić information content (AvgIpc) is 3.30. The van der Waals surface area contributed by atoms with Gasteiger partial charge in [-0.2, -0.15) is 4.80 Å². The molecule has 0 aliphatic heterocycles. The summed E-state index contributed by atoms with van der Waals surface area (Å²) in [6.45, 7) is 1.91. The minimum atomic E-state index is -0.270. The summed E-state index contributed by atoms with van der Waals surface area (Å²) in [5, 5.41) is 16.2. The molecule has 7 nitrogen and oxygen atoms in total. The first-order valence-corrected chi connectivity index (χ1v) is 9.64. The highest BCUT2D eigenvalue weighted by molar-refractivity contribution is 7.16. The molecule has 0 radical (unpaired) electrons. The highest BCUT2D eigenvalue weighted by Crippen LogP contribution is 2.31. The number of aromatic nitrogens is 5. The maximum atomic E-state index is 12.3. The number of hydrogen-bond donors (Lipinski definition) is 1. The number of nitrogens with one attached hydrogen (secondary N) is 1. The van der Waals surface area contributed by atoms with Crippen molar-refractivity contribution in [2.75, 3.05) is 5.32 Å². The number of aryl methyl sites for hydroxylation is 1. The first-order chi connectivity index (χ1) is 13.6. The Hall–Kier alpha value is -3.10. The maximum absolute atomic E-state index is 12.3. The molecule has 0 saturated heterocycles. The molecule has 28 heavy (non-hydrogen) atoms. The molecule has 140 valence electrons. The van der Waals surface area contributed by atoms with Crippen molar-refractivity contribution in [1.82, 2.24) is 25.2 Å². The predicted molar refractivity (Wildman–Crippen MR) is 109 cm³/mol. The lowest BCUT2D eigenvalue weighted by atomic mass is 10.1. The molecule has 0 atom stereocenters. The van der Waals surface area contributed by atoms with Gasteiger partial charge in [-0.25, -0.2) is 4.98 Å². The number of carbonyl (C=O) groups is 1. The van der Waals surface area contributed by atoms with Crippen molar-refractivity contribution in [3.63, 3.8) is 0 Å². The molecule has 4 aromatic rings. The number of carbonyl (C=O) groups excluding carboxylic acids is 1. The van der Waals surface area contributed by atoms with Gasteiger partial charge in [0.15, 0.2) is 5.13 Å². The molecule has 2 heterocycles. The molecule has 1 amide bonds. The lowest BCUT2D eigenvalue weighted by Gasteiger charge is -2.00. The van der Waals surface area contributed by atoms with Crippen molar-refractivity contribution in [1.29, 1.82) is 0 Å². The molecule has 0 aliphatic carbocycles. The van der Waals surface area contributed by atoms with Crippen molar-refractivity contribution in [2.24, 2.45) is 0 Å². The Morgan fingerprint density at radius 1 is 1.11 bits per heavy atom. The molecule has 0 unspecified atom stereocenters. The second kappa shape index (κ2) is 7.87. The zero-order chi connectivity index (χ0) is 19.5. The van der Waals surface area contributed by atoms with Crippen molar-refractivity contribution in [3.05, 3.63) is 64.5 Å². The van der Waals surface area contributed by atoms with E-state index in [9.17, 15) is 4.79 Å². The fourth-order valence-electron chi connectivity index (χ4n) is 2.63. The Morgan fingerprint density at radius 2 is 1.86 bits per heavy atom. The summed E-state index contributed by atoms with van der Waals surface area (Å²) >= 11 is 7.35. The van der Waals surface area contributed by atoms with Crippen LogP contribution < -0.4 is 5.32 Å². The van der Waals surface area contributed by atoms with Crippen LogP contribution in [0.4, 0.5) is 5.13 Å². The number of rotatable bonds is 5. The van der Waals surface area contributed by atoms with E-state index in [-0.39, 0.29) is 12.5 Å². The van der Waals surface area contributed by atoms with Gasteiger partial charge in [0, 0.05) is 21.0 Å². The number of hydrogen-bond acceptors (Lipinski definition) is 6. The zero-order valence-corrected chi connectivity index (χ0v) is 16.4. The van der Waals surface area contributed by atoms with Gasteiger partial charge in [-0.3, -0.25) is 4.79 Å². The van der Waals surface area contributed by atoms with Crippen LogP contribution in [0.25, 0.3) is 22.6 Å². The van der Waals surface area contributed by atoms with E-state index < -0.39 is 0 Å². The van der Waals surface area contributed by atoms with Crippen molar-refractivity contribution < 1.29 is 4.79 Å². The van der Waals surface area contributed by atoms with Crippen LogP contribution in [-0.2, 0) is 11.3 Å². The summed E-state index contributed by atoms with van der Waals surface area (Å²) in [5.41, 5.74) is 2.61. The smallest absolute Gasteiger partial charge is 0.249 e. The maximum Gasteiger partial charge on any atom is 0.249 e. The summed E-state index contributed by atoms with van der Waals surface area (Å²) in [6.07, 6.45) is 0. The Balaban J connectivity index is 1.44. The van der Waals surface area contributed by atoms with Crippen LogP contribution >= 0.6 is 22.9 Å². The van der Waals surface area contributed by atoms with Gasteiger partial charge >= 0.3 is 0 Å². The molecule has 2 aromatic heterocycles. The largest absolute Gasteiger partial charge is 0.300 e. The van der Waals surface area contributed by atoms with Crippen LogP contribution in [0.5, 0.6) is 0 Å². The summed E-state index contributed by atoms with van der Waals surface area (Å²) in [5.74, 6) is 0.205. The highest BCUT2D eigenvalue weighted by atomic mass is 35.5. The second-order valence-corrected chi connectivity index (χ2v) is 7.63. The van der Waals surface area contributed by atoms with Crippen molar-refractivity contribution in [2.45, 2.75) is 13.5 Å². The number of anilines is 1. The Bertz CT molecular complexity index is 1110. The van der Waals surface area contributed by atoms with Crippen molar-refractivity contribution >= 4 is 34.0 Å². The van der Waals surface area contributed by atoms with E-state index in [4.69, 9.17) is 11.6 Å². The molecule has 0 bridgehead atoms. The van der Waals surface area contributed by atoms with Gasteiger partial charge in [0.25, 0.3) is 0 Å². The number of amides is 1. The van der Waals surface area contributed by atoms with Crippen LogP contribution in [-0.4, -0.2) is 31.1 Å². The van der Waals surface area contributed by atoms with E-state index in [2.05, 4.69) is 25.7 Å². The molecule has 0 spiro atoms. The normalized spacial score (nSPS) is 10.8. The van der Waals surface area contributed by atoms with E-state index in [0.29, 0.717) is 16.0 Å². The third-order valence-electron chi connectivity index (χ3n) is 3.93. The SMILES string of the molecule is Cc1sc(NC(=O)Cn2nnc(-c3ccccc3)n2)nc1-c1ccc(Cl)cc1. The van der Waals surface area contributed by atoms with Gasteiger partial charge in [0.2, 0.25) is 11.7 Å². The minimum Gasteiger partial charge on any atom is -0.300 e. The number of halogens is 1. The topological polar surface area (TPSA) is 85.6 Å². The van der Waals surface area contributed by atoms with E-state index in [1.807, 2.05) is 61.5 Å². The van der Waals surface area contributed by atoms with Crippen molar-refractivity contribution in [3.8, 4) is 22.6 Å². The first kappa shape index (κ1) is 18.3. The molecule has 0 saturated carbocycles. The lowest BCUT2D eigenvalue weighted by Crippen LogP contribution is -2.20. The molecule has 0 fully saturated rings. The lowest BCUT2D eigenvalue weighted by molar-refractivity contribution is -0.117. The van der Waals surface area contributed by atoms with Crippen LogP contribution in [0, 0.1) is 6.92 Å². The summed E-state index contributed by atoms with van der Waals surface area (Å²) in [4.78, 5) is 19.1. The fourth-order valence-corrected chi connectivity index (χ4v) is 3.60. The van der Waals surface area contributed by atoms with Gasteiger partial charge in [-0.05, 0) is 24.3 Å². The van der Waals surface area contributed by atoms with Gasteiger partial charge in [-0.1, -0.05) is 54.1 Å². The van der Waals surface area contributed by atoms with E-state index in [1.165, 1.54) is 16.1 Å². The molecule has 4 rings (SSSR count). The molecule has 2 aromatic carbocycles.